The van der Waals surface area contributed by atoms with Crippen LogP contribution in [0.4, 0.5) is 5.69 Å². The first-order valence-corrected chi connectivity index (χ1v) is 7.94. The van der Waals surface area contributed by atoms with E-state index in [1.165, 1.54) is 6.92 Å². The number of hydrogen-bond acceptors (Lipinski definition) is 6. The molecular weight excluding hydrogens is 382 g/mol. The minimum absolute atomic E-state index is 0.0152. The molecule has 0 atom stereocenters. The molecule has 0 radical (unpaired) electrons. The summed E-state index contributed by atoms with van der Waals surface area (Å²) in [5.41, 5.74) is -0.0841. The highest BCUT2D eigenvalue weighted by molar-refractivity contribution is 9.10. The molecule has 0 bridgehead atoms. The monoisotopic (exact) mass is 395 g/mol. The van der Waals surface area contributed by atoms with Crippen LogP contribution < -0.4 is 5.32 Å². The minimum Gasteiger partial charge on any atom is -0.462 e. The van der Waals surface area contributed by atoms with Crippen LogP contribution in [-0.2, 0) is 28.7 Å². The normalized spacial score (nSPS) is 14.5. The molecule has 1 aromatic carbocycles. The lowest BCUT2D eigenvalue weighted by molar-refractivity contribution is -0.153. The first kappa shape index (κ1) is 17.9. The van der Waals surface area contributed by atoms with Crippen LogP contribution in [-0.4, -0.2) is 36.8 Å². The van der Waals surface area contributed by atoms with Crippen LogP contribution >= 0.6 is 15.9 Å². The number of anilines is 1. The molecule has 1 aliphatic heterocycles. The van der Waals surface area contributed by atoms with Gasteiger partial charge < -0.3 is 14.8 Å². The summed E-state index contributed by atoms with van der Waals surface area (Å²) in [5, 5.41) is 2.55. The molecule has 0 aliphatic carbocycles. The molecule has 1 N–H and O–H groups in total. The predicted octanol–water partition coefficient (Wildman–Crippen LogP) is 1.85. The van der Waals surface area contributed by atoms with E-state index in [9.17, 15) is 19.2 Å². The van der Waals surface area contributed by atoms with Crippen LogP contribution in [0.2, 0.25) is 0 Å². The van der Waals surface area contributed by atoms with Gasteiger partial charge in [0, 0.05) is 15.7 Å². The highest BCUT2D eigenvalue weighted by Crippen LogP contribution is 2.36. The van der Waals surface area contributed by atoms with E-state index in [-0.39, 0.29) is 18.8 Å². The van der Waals surface area contributed by atoms with Gasteiger partial charge in [-0.05, 0) is 32.0 Å². The van der Waals surface area contributed by atoms with Gasteiger partial charge in [-0.15, -0.1) is 0 Å². The number of ether oxygens (including phenoxy) is 2. The van der Waals surface area contributed by atoms with Gasteiger partial charge in [0.1, 0.15) is 5.57 Å². The Bertz CT molecular complexity index is 768. The third-order valence-corrected chi connectivity index (χ3v) is 3.64. The maximum atomic E-state index is 12.4. The van der Waals surface area contributed by atoms with Crippen molar-refractivity contribution in [1.82, 2.24) is 0 Å². The van der Waals surface area contributed by atoms with Crippen molar-refractivity contribution in [3.8, 4) is 0 Å². The van der Waals surface area contributed by atoms with Crippen LogP contribution in [0.25, 0.3) is 5.57 Å². The van der Waals surface area contributed by atoms with E-state index in [1.54, 1.807) is 25.1 Å². The fraction of sp³-hybridized carbons (Fsp3) is 0.250. The molecule has 0 saturated carbocycles. The molecule has 0 spiro atoms. The van der Waals surface area contributed by atoms with Crippen LogP contribution in [0.1, 0.15) is 19.4 Å². The highest BCUT2D eigenvalue weighted by Gasteiger charge is 2.37. The zero-order chi connectivity index (χ0) is 17.9. The van der Waals surface area contributed by atoms with Crippen molar-refractivity contribution < 1.29 is 28.7 Å². The zero-order valence-electron chi connectivity index (χ0n) is 13.0. The second-order valence-electron chi connectivity index (χ2n) is 4.66. The molecule has 0 aromatic heterocycles. The molecule has 8 heteroatoms. The van der Waals surface area contributed by atoms with E-state index in [2.05, 4.69) is 26.0 Å². The molecule has 1 heterocycles. The van der Waals surface area contributed by atoms with E-state index in [0.29, 0.717) is 15.7 Å². The summed E-state index contributed by atoms with van der Waals surface area (Å²) in [4.78, 5) is 48.6. The van der Waals surface area contributed by atoms with E-state index in [0.717, 1.165) is 0 Å². The van der Waals surface area contributed by atoms with Crippen molar-refractivity contribution in [2.45, 2.75) is 13.8 Å². The Morgan fingerprint density at radius 3 is 2.33 bits per heavy atom. The Morgan fingerprint density at radius 1 is 1.08 bits per heavy atom. The number of rotatable bonds is 5. The number of Topliss-reactive ketones (excluding diaryl/α,β-unsaturated/α-hetero) is 1. The number of amides is 1. The summed E-state index contributed by atoms with van der Waals surface area (Å²) in [6, 6.07) is 4.88. The van der Waals surface area contributed by atoms with Crippen molar-refractivity contribution in [2.24, 2.45) is 0 Å². The molecule has 24 heavy (non-hydrogen) atoms. The number of fused-ring (bicyclic) bond motifs is 1. The van der Waals surface area contributed by atoms with Crippen LogP contribution in [0, 0.1) is 0 Å². The predicted molar refractivity (Wildman–Crippen MR) is 88.0 cm³/mol. The van der Waals surface area contributed by atoms with Crippen molar-refractivity contribution in [3.63, 3.8) is 0 Å². The second-order valence-corrected chi connectivity index (χ2v) is 5.58. The fourth-order valence-corrected chi connectivity index (χ4v) is 2.56. The summed E-state index contributed by atoms with van der Waals surface area (Å²) in [5.74, 6) is -4.14. The van der Waals surface area contributed by atoms with E-state index < -0.39 is 29.2 Å². The number of esters is 2. The SMILES string of the molecule is CCOC(=O)C(=O)/C(C(=O)OCC)=C1\C(=O)Nc2ccc(Br)cc21. The second kappa shape index (κ2) is 7.39. The van der Waals surface area contributed by atoms with Gasteiger partial charge in [0.2, 0.25) is 0 Å². The average Bonchev–Trinajstić information content (AvgIpc) is 2.84. The minimum atomic E-state index is -1.22. The van der Waals surface area contributed by atoms with Gasteiger partial charge >= 0.3 is 11.9 Å². The van der Waals surface area contributed by atoms with Crippen LogP contribution in [0.3, 0.4) is 0 Å². The van der Waals surface area contributed by atoms with Gasteiger partial charge in [-0.3, -0.25) is 9.59 Å². The molecule has 0 saturated heterocycles. The quantitative estimate of drug-likeness (QED) is 0.268. The summed E-state index contributed by atoms with van der Waals surface area (Å²) in [6.07, 6.45) is 0. The number of halogens is 1. The zero-order valence-corrected chi connectivity index (χ0v) is 14.6. The number of hydrogen-bond donors (Lipinski definition) is 1. The molecule has 0 unspecified atom stereocenters. The van der Waals surface area contributed by atoms with Crippen LogP contribution in [0.15, 0.2) is 28.2 Å². The molecular formula is C16H14BrNO6. The first-order valence-electron chi connectivity index (χ1n) is 7.14. The largest absolute Gasteiger partial charge is 0.462 e. The smallest absolute Gasteiger partial charge is 0.379 e. The van der Waals surface area contributed by atoms with Crippen molar-refractivity contribution in [3.05, 3.63) is 33.8 Å². The molecule has 7 nitrogen and oxygen atoms in total. The Kier molecular flexibility index (Phi) is 5.50. The number of ketones is 1. The Balaban J connectivity index is 2.66. The maximum absolute atomic E-state index is 12.4. The van der Waals surface area contributed by atoms with E-state index >= 15 is 0 Å². The highest BCUT2D eigenvalue weighted by atomic mass is 79.9. The third kappa shape index (κ3) is 3.38. The van der Waals surface area contributed by atoms with E-state index in [4.69, 9.17) is 4.74 Å². The molecule has 126 valence electrons. The van der Waals surface area contributed by atoms with E-state index in [1.807, 2.05) is 0 Å². The lowest BCUT2D eigenvalue weighted by Gasteiger charge is -2.09. The molecule has 2 rings (SSSR count). The lowest BCUT2D eigenvalue weighted by Crippen LogP contribution is -2.27. The number of nitrogens with one attached hydrogen (secondary N) is 1. The molecule has 1 aliphatic rings. The van der Waals surface area contributed by atoms with Gasteiger partial charge in [0.15, 0.2) is 0 Å². The molecule has 0 fully saturated rings. The topological polar surface area (TPSA) is 98.8 Å². The first-order chi connectivity index (χ1) is 11.4. The molecule has 1 amide bonds. The van der Waals surface area contributed by atoms with Crippen molar-refractivity contribution in [1.29, 1.82) is 0 Å². The summed E-state index contributed by atoms with van der Waals surface area (Å²) in [6.45, 7) is 3.02. The van der Waals surface area contributed by atoms with Gasteiger partial charge in [0.25, 0.3) is 11.7 Å². The number of carbonyl (C=O) groups is 4. The summed E-state index contributed by atoms with van der Waals surface area (Å²) < 4.78 is 10.1. The van der Waals surface area contributed by atoms with Gasteiger partial charge in [-0.1, -0.05) is 15.9 Å². The van der Waals surface area contributed by atoms with Crippen LogP contribution in [0.5, 0.6) is 0 Å². The Hall–Kier alpha value is -2.48. The molecule has 1 aromatic rings. The number of carbonyl (C=O) groups excluding carboxylic acids is 4. The van der Waals surface area contributed by atoms with Gasteiger partial charge in [-0.25, -0.2) is 9.59 Å². The van der Waals surface area contributed by atoms with Gasteiger partial charge in [0.05, 0.1) is 18.8 Å². The number of benzene rings is 1. The fourth-order valence-electron chi connectivity index (χ4n) is 2.20. The standard InChI is InChI=1S/C16H14BrNO6/c1-3-23-15(21)12(13(19)16(22)24-4-2)11-9-7-8(17)5-6-10(9)18-14(11)20/h5-7H,3-4H2,1-2H3,(H,18,20)/b12-11+. The maximum Gasteiger partial charge on any atom is 0.379 e. The summed E-state index contributed by atoms with van der Waals surface area (Å²) >= 11 is 3.27. The van der Waals surface area contributed by atoms with Crippen molar-refractivity contribution in [2.75, 3.05) is 18.5 Å². The Morgan fingerprint density at radius 2 is 1.71 bits per heavy atom. The third-order valence-electron chi connectivity index (χ3n) is 3.14. The lowest BCUT2D eigenvalue weighted by atomic mass is 9.98. The average molecular weight is 396 g/mol. The summed E-state index contributed by atoms with van der Waals surface area (Å²) in [7, 11) is 0. The van der Waals surface area contributed by atoms with Gasteiger partial charge in [-0.2, -0.15) is 0 Å². The Labute approximate surface area is 146 Å². The van der Waals surface area contributed by atoms with Crippen molar-refractivity contribution >= 4 is 50.8 Å².